The summed E-state index contributed by atoms with van der Waals surface area (Å²) in [6, 6.07) is 24.0. The van der Waals surface area contributed by atoms with E-state index in [9.17, 15) is 4.79 Å². The molecular weight excluding hydrogens is 348 g/mol. The number of amides is 1. The summed E-state index contributed by atoms with van der Waals surface area (Å²) in [5.74, 6) is 0.610. The normalized spacial score (nSPS) is 15.5. The Morgan fingerprint density at radius 3 is 2.57 bits per heavy atom. The predicted molar refractivity (Wildman–Crippen MR) is 111 cm³/mol. The van der Waals surface area contributed by atoms with Crippen LogP contribution in [0.3, 0.4) is 0 Å². The van der Waals surface area contributed by atoms with Crippen LogP contribution in [0, 0.1) is 0 Å². The molecule has 1 unspecified atom stereocenters. The van der Waals surface area contributed by atoms with Crippen molar-refractivity contribution in [3.05, 3.63) is 95.1 Å². The minimum atomic E-state index is -0.112. The van der Waals surface area contributed by atoms with Crippen molar-refractivity contribution in [3.63, 3.8) is 0 Å². The smallest absolute Gasteiger partial charge is 0.255 e. The summed E-state index contributed by atoms with van der Waals surface area (Å²) >= 11 is 0. The van der Waals surface area contributed by atoms with Crippen molar-refractivity contribution in [3.8, 4) is 5.75 Å². The third-order valence-electron chi connectivity index (χ3n) is 5.30. The first-order chi connectivity index (χ1) is 13.7. The Hall–Kier alpha value is -3.11. The lowest BCUT2D eigenvalue weighted by Crippen LogP contribution is -3.10. The first kappa shape index (κ1) is 18.3. The quantitative estimate of drug-likeness (QED) is 0.722. The number of quaternary nitrogens is 1. The van der Waals surface area contributed by atoms with Gasteiger partial charge in [-0.05, 0) is 29.8 Å². The SMILES string of the molecule is COc1cccc(NC(=O)c2ccc(C[NH+]3CCc4ccccc4C3)cc2)c1. The maximum absolute atomic E-state index is 12.5. The fraction of sp³-hybridized carbons (Fsp3) is 0.208. The van der Waals surface area contributed by atoms with Gasteiger partial charge < -0.3 is 15.0 Å². The van der Waals surface area contributed by atoms with Crippen LogP contribution in [0.5, 0.6) is 5.75 Å². The van der Waals surface area contributed by atoms with E-state index < -0.39 is 0 Å². The molecule has 142 valence electrons. The van der Waals surface area contributed by atoms with E-state index in [1.165, 1.54) is 16.7 Å². The van der Waals surface area contributed by atoms with Gasteiger partial charge in [0.1, 0.15) is 18.8 Å². The summed E-state index contributed by atoms with van der Waals surface area (Å²) in [5.41, 5.74) is 5.58. The summed E-state index contributed by atoms with van der Waals surface area (Å²) < 4.78 is 5.20. The molecule has 0 aliphatic carbocycles. The molecule has 0 saturated heterocycles. The van der Waals surface area contributed by atoms with Crippen molar-refractivity contribution in [2.75, 3.05) is 19.0 Å². The molecule has 1 heterocycles. The highest BCUT2D eigenvalue weighted by molar-refractivity contribution is 6.04. The zero-order chi connectivity index (χ0) is 19.3. The van der Waals surface area contributed by atoms with E-state index in [0.717, 1.165) is 37.5 Å². The maximum atomic E-state index is 12.5. The van der Waals surface area contributed by atoms with Crippen molar-refractivity contribution in [1.29, 1.82) is 0 Å². The topological polar surface area (TPSA) is 42.8 Å². The van der Waals surface area contributed by atoms with Crippen molar-refractivity contribution in [2.24, 2.45) is 0 Å². The van der Waals surface area contributed by atoms with Gasteiger partial charge in [-0.2, -0.15) is 0 Å². The number of anilines is 1. The molecule has 2 N–H and O–H groups in total. The van der Waals surface area contributed by atoms with E-state index in [1.54, 1.807) is 12.0 Å². The lowest BCUT2D eigenvalue weighted by atomic mass is 9.99. The molecule has 1 atom stereocenters. The number of fused-ring (bicyclic) bond motifs is 1. The lowest BCUT2D eigenvalue weighted by molar-refractivity contribution is -0.929. The number of carbonyl (C=O) groups excluding carboxylic acids is 1. The summed E-state index contributed by atoms with van der Waals surface area (Å²) in [6.45, 7) is 3.19. The highest BCUT2D eigenvalue weighted by Crippen LogP contribution is 2.18. The second kappa shape index (κ2) is 8.28. The van der Waals surface area contributed by atoms with Crippen molar-refractivity contribution in [1.82, 2.24) is 0 Å². The predicted octanol–water partition coefficient (Wildman–Crippen LogP) is 3.09. The molecule has 1 aliphatic heterocycles. The number of carbonyl (C=O) groups is 1. The van der Waals surface area contributed by atoms with Crippen LogP contribution in [-0.2, 0) is 19.5 Å². The molecule has 4 heteroatoms. The molecule has 28 heavy (non-hydrogen) atoms. The standard InChI is InChI=1S/C24H24N2O2/c1-28-23-8-4-7-22(15-23)25-24(27)20-11-9-18(10-12-20)16-26-14-13-19-5-2-3-6-21(19)17-26/h2-12,15H,13-14,16-17H2,1H3,(H,25,27)/p+1. The van der Waals surface area contributed by atoms with Gasteiger partial charge in [-0.3, -0.25) is 4.79 Å². The maximum Gasteiger partial charge on any atom is 0.255 e. The number of hydrogen-bond donors (Lipinski definition) is 2. The van der Waals surface area contributed by atoms with Crippen LogP contribution in [0.1, 0.15) is 27.0 Å². The highest BCUT2D eigenvalue weighted by Gasteiger charge is 2.19. The van der Waals surface area contributed by atoms with E-state index in [4.69, 9.17) is 4.74 Å². The van der Waals surface area contributed by atoms with Crippen LogP contribution in [0.4, 0.5) is 5.69 Å². The van der Waals surface area contributed by atoms with Gasteiger partial charge in [0.05, 0.1) is 13.7 Å². The molecule has 3 aromatic carbocycles. The van der Waals surface area contributed by atoms with E-state index in [1.807, 2.05) is 36.4 Å². The van der Waals surface area contributed by atoms with Gasteiger partial charge >= 0.3 is 0 Å². The van der Waals surface area contributed by atoms with Crippen molar-refractivity contribution in [2.45, 2.75) is 19.5 Å². The van der Waals surface area contributed by atoms with Crippen LogP contribution in [-0.4, -0.2) is 19.6 Å². The Bertz CT molecular complexity index is 966. The second-order valence-electron chi connectivity index (χ2n) is 7.26. The molecule has 0 fully saturated rings. The lowest BCUT2D eigenvalue weighted by Gasteiger charge is -2.26. The minimum absolute atomic E-state index is 0.112. The highest BCUT2D eigenvalue weighted by atomic mass is 16.5. The fourth-order valence-electron chi connectivity index (χ4n) is 3.76. The third kappa shape index (κ3) is 4.24. The second-order valence-corrected chi connectivity index (χ2v) is 7.26. The summed E-state index contributed by atoms with van der Waals surface area (Å²) in [7, 11) is 1.61. The van der Waals surface area contributed by atoms with Gasteiger partial charge in [0, 0.05) is 34.9 Å². The Morgan fingerprint density at radius 2 is 1.79 bits per heavy atom. The van der Waals surface area contributed by atoms with Crippen molar-refractivity contribution < 1.29 is 14.4 Å². The Labute approximate surface area is 165 Å². The van der Waals surface area contributed by atoms with Crippen LogP contribution >= 0.6 is 0 Å². The van der Waals surface area contributed by atoms with Gasteiger partial charge in [0.15, 0.2) is 0 Å². The Balaban J connectivity index is 1.38. The molecule has 0 aromatic heterocycles. The molecule has 0 radical (unpaired) electrons. The van der Waals surface area contributed by atoms with Gasteiger partial charge in [-0.25, -0.2) is 0 Å². The molecule has 1 aliphatic rings. The van der Waals surface area contributed by atoms with Gasteiger partial charge in [-0.1, -0.05) is 42.5 Å². The van der Waals surface area contributed by atoms with Gasteiger partial charge in [0.2, 0.25) is 0 Å². The molecule has 3 aromatic rings. The zero-order valence-corrected chi connectivity index (χ0v) is 16.1. The Morgan fingerprint density at radius 1 is 1.00 bits per heavy atom. The first-order valence-corrected chi connectivity index (χ1v) is 9.66. The van der Waals surface area contributed by atoms with Crippen LogP contribution in [0.15, 0.2) is 72.8 Å². The third-order valence-corrected chi connectivity index (χ3v) is 5.30. The Kier molecular flexibility index (Phi) is 5.40. The van der Waals surface area contributed by atoms with Crippen LogP contribution in [0.2, 0.25) is 0 Å². The average Bonchev–Trinajstić information content (AvgIpc) is 2.74. The molecule has 0 saturated carbocycles. The van der Waals surface area contributed by atoms with E-state index in [2.05, 4.69) is 41.7 Å². The molecule has 0 bridgehead atoms. The zero-order valence-electron chi connectivity index (χ0n) is 16.1. The summed E-state index contributed by atoms with van der Waals surface area (Å²) in [4.78, 5) is 14.1. The summed E-state index contributed by atoms with van der Waals surface area (Å²) in [5, 5.41) is 2.92. The molecule has 0 spiro atoms. The number of ether oxygens (including phenoxy) is 1. The van der Waals surface area contributed by atoms with Gasteiger partial charge in [0.25, 0.3) is 5.91 Å². The molecule has 4 nitrogen and oxygen atoms in total. The van der Waals surface area contributed by atoms with Gasteiger partial charge in [-0.15, -0.1) is 0 Å². The number of rotatable bonds is 5. The van der Waals surface area contributed by atoms with Crippen LogP contribution in [0.25, 0.3) is 0 Å². The monoisotopic (exact) mass is 373 g/mol. The molecule has 4 rings (SSSR count). The minimum Gasteiger partial charge on any atom is -0.497 e. The fourth-order valence-corrected chi connectivity index (χ4v) is 3.76. The van der Waals surface area contributed by atoms with E-state index in [0.29, 0.717) is 5.56 Å². The van der Waals surface area contributed by atoms with E-state index >= 15 is 0 Å². The van der Waals surface area contributed by atoms with E-state index in [-0.39, 0.29) is 5.91 Å². The summed E-state index contributed by atoms with van der Waals surface area (Å²) in [6.07, 6.45) is 1.13. The van der Waals surface area contributed by atoms with Crippen molar-refractivity contribution >= 4 is 11.6 Å². The number of benzene rings is 3. The molecule has 1 amide bonds. The largest absolute Gasteiger partial charge is 0.497 e. The number of methoxy groups -OCH3 is 1. The first-order valence-electron chi connectivity index (χ1n) is 9.66. The van der Waals surface area contributed by atoms with Crippen LogP contribution < -0.4 is 15.0 Å². The number of nitrogens with one attached hydrogen (secondary N) is 2. The average molecular weight is 373 g/mol. The number of hydrogen-bond acceptors (Lipinski definition) is 2. The molecular formula is C24H25N2O2+.